The minimum absolute atomic E-state index is 0.169. The number of nitrogens with one attached hydrogen (secondary N) is 1. The van der Waals surface area contributed by atoms with Gasteiger partial charge >= 0.3 is 0 Å². The third-order valence-corrected chi connectivity index (χ3v) is 6.99. The topological polar surface area (TPSA) is 21.3 Å². The first-order chi connectivity index (χ1) is 11.8. The van der Waals surface area contributed by atoms with Crippen LogP contribution in [0.1, 0.15) is 35.4 Å². The number of para-hydroxylation sites is 1. The van der Waals surface area contributed by atoms with E-state index in [1.54, 1.807) is 0 Å². The molecule has 3 heterocycles. The fourth-order valence-corrected chi connectivity index (χ4v) is 5.79. The van der Waals surface area contributed by atoms with E-state index >= 15 is 0 Å². The van der Waals surface area contributed by atoms with Gasteiger partial charge in [-0.3, -0.25) is 0 Å². The van der Waals surface area contributed by atoms with Gasteiger partial charge in [-0.05, 0) is 25.0 Å². The normalized spacial score (nSPS) is 25.8. The van der Waals surface area contributed by atoms with Gasteiger partial charge in [-0.2, -0.15) is 0 Å². The summed E-state index contributed by atoms with van der Waals surface area (Å²) in [6.07, 6.45) is 2.45. The summed E-state index contributed by atoms with van der Waals surface area (Å²) in [5.74, 6) is 0.430. The SMILES string of the molecule is Clc1c([C@@H]2Nc3ccccc3[C@H]3OCCC[C@H]32)sc2ccccc12. The van der Waals surface area contributed by atoms with Crippen LogP contribution in [0.3, 0.4) is 0 Å². The van der Waals surface area contributed by atoms with Crippen molar-refractivity contribution in [2.45, 2.75) is 25.0 Å². The third-order valence-electron chi connectivity index (χ3n) is 5.22. The molecule has 0 amide bonds. The molecule has 2 aromatic carbocycles. The van der Waals surface area contributed by atoms with Crippen molar-refractivity contribution in [3.63, 3.8) is 0 Å². The van der Waals surface area contributed by atoms with Crippen LogP contribution in [0.4, 0.5) is 5.69 Å². The lowest BCUT2D eigenvalue weighted by molar-refractivity contribution is -0.0377. The maximum atomic E-state index is 6.78. The number of halogens is 1. The summed E-state index contributed by atoms with van der Waals surface area (Å²) in [4.78, 5) is 1.24. The zero-order chi connectivity index (χ0) is 16.1. The molecule has 0 aliphatic carbocycles. The summed E-state index contributed by atoms with van der Waals surface area (Å²) in [6, 6.07) is 17.1. The molecule has 122 valence electrons. The number of hydrogen-bond acceptors (Lipinski definition) is 3. The van der Waals surface area contributed by atoms with Gasteiger partial charge in [-0.25, -0.2) is 0 Å². The quantitative estimate of drug-likeness (QED) is 0.562. The van der Waals surface area contributed by atoms with Crippen molar-refractivity contribution in [1.29, 1.82) is 0 Å². The van der Waals surface area contributed by atoms with E-state index in [2.05, 4.69) is 53.8 Å². The number of thiophene rings is 1. The molecule has 0 unspecified atom stereocenters. The highest BCUT2D eigenvalue weighted by atomic mass is 35.5. The van der Waals surface area contributed by atoms with Crippen molar-refractivity contribution < 1.29 is 4.74 Å². The molecular formula is C20H18ClNOS. The van der Waals surface area contributed by atoms with Gasteiger partial charge in [0.05, 0.1) is 17.2 Å². The Morgan fingerprint density at radius 2 is 1.92 bits per heavy atom. The molecule has 0 radical (unpaired) electrons. The molecule has 24 heavy (non-hydrogen) atoms. The lowest BCUT2D eigenvalue weighted by Crippen LogP contribution is -2.35. The average Bonchev–Trinajstić information content (AvgIpc) is 2.98. The van der Waals surface area contributed by atoms with Gasteiger partial charge in [-0.1, -0.05) is 48.0 Å². The van der Waals surface area contributed by atoms with Crippen LogP contribution in [0.5, 0.6) is 0 Å². The predicted octanol–water partition coefficient (Wildman–Crippen LogP) is 6.19. The second-order valence-electron chi connectivity index (χ2n) is 6.58. The van der Waals surface area contributed by atoms with E-state index in [1.165, 1.54) is 27.2 Å². The first kappa shape index (κ1) is 14.8. The zero-order valence-corrected chi connectivity index (χ0v) is 14.7. The molecule has 3 atom stereocenters. The van der Waals surface area contributed by atoms with Crippen LogP contribution in [-0.2, 0) is 4.74 Å². The van der Waals surface area contributed by atoms with Crippen LogP contribution >= 0.6 is 22.9 Å². The van der Waals surface area contributed by atoms with Crippen molar-refractivity contribution in [3.8, 4) is 0 Å². The lowest BCUT2D eigenvalue weighted by atomic mass is 9.79. The maximum absolute atomic E-state index is 6.78. The van der Waals surface area contributed by atoms with E-state index < -0.39 is 0 Å². The third kappa shape index (κ3) is 2.19. The predicted molar refractivity (Wildman–Crippen MR) is 101 cm³/mol. The second kappa shape index (κ2) is 5.76. The number of rotatable bonds is 1. The Hall–Kier alpha value is -1.55. The zero-order valence-electron chi connectivity index (χ0n) is 13.2. The van der Waals surface area contributed by atoms with Crippen molar-refractivity contribution in [2.75, 3.05) is 11.9 Å². The molecular weight excluding hydrogens is 338 g/mol. The first-order valence-corrected chi connectivity index (χ1v) is 9.66. The smallest absolute Gasteiger partial charge is 0.0896 e. The molecule has 1 aromatic heterocycles. The van der Waals surface area contributed by atoms with Gasteiger partial charge in [0.15, 0.2) is 0 Å². The summed E-state index contributed by atoms with van der Waals surface area (Å²) < 4.78 is 7.45. The van der Waals surface area contributed by atoms with E-state index in [-0.39, 0.29) is 12.1 Å². The van der Waals surface area contributed by atoms with E-state index in [1.807, 2.05) is 11.3 Å². The minimum Gasteiger partial charge on any atom is -0.377 e. The highest BCUT2D eigenvalue weighted by Gasteiger charge is 2.41. The standard InChI is InChI=1S/C20H18ClNOS/c21-17-13-7-2-4-10-16(13)24-20(17)18-14-8-5-11-23-19(14)12-6-1-3-9-15(12)22-18/h1-4,6-7,9-10,14,18-19,22H,5,8,11H2/t14-,18+,19+/m0/s1. The van der Waals surface area contributed by atoms with Gasteiger partial charge in [-0.15, -0.1) is 11.3 Å². The molecule has 1 fully saturated rings. The van der Waals surface area contributed by atoms with Gasteiger partial charge in [0.2, 0.25) is 0 Å². The molecule has 1 saturated heterocycles. The molecule has 2 nitrogen and oxygen atoms in total. The maximum Gasteiger partial charge on any atom is 0.0896 e. The Bertz CT molecular complexity index is 906. The molecule has 3 aromatic rings. The second-order valence-corrected chi connectivity index (χ2v) is 8.04. The largest absolute Gasteiger partial charge is 0.377 e. The van der Waals surface area contributed by atoms with Crippen molar-refractivity contribution in [3.05, 3.63) is 64.0 Å². The van der Waals surface area contributed by atoms with Crippen molar-refractivity contribution in [1.82, 2.24) is 0 Å². The molecule has 5 rings (SSSR count). The summed E-state index contributed by atoms with van der Waals surface area (Å²) >= 11 is 8.59. The Morgan fingerprint density at radius 3 is 2.83 bits per heavy atom. The van der Waals surface area contributed by atoms with Gasteiger partial charge in [0, 0.05) is 38.7 Å². The fraction of sp³-hybridized carbons (Fsp3) is 0.300. The van der Waals surface area contributed by atoms with Crippen LogP contribution < -0.4 is 5.32 Å². The summed E-state index contributed by atoms with van der Waals surface area (Å²) in [5, 5.41) is 5.82. The van der Waals surface area contributed by atoms with E-state index in [9.17, 15) is 0 Å². The summed E-state index contributed by atoms with van der Waals surface area (Å²) in [5.41, 5.74) is 2.47. The Labute approximate surface area is 150 Å². The highest BCUT2D eigenvalue weighted by molar-refractivity contribution is 7.19. The molecule has 0 spiro atoms. The molecule has 4 heteroatoms. The average molecular weight is 356 g/mol. The van der Waals surface area contributed by atoms with Crippen LogP contribution in [0, 0.1) is 5.92 Å². The van der Waals surface area contributed by atoms with E-state index in [4.69, 9.17) is 16.3 Å². The van der Waals surface area contributed by atoms with Gasteiger partial charge in [0.1, 0.15) is 0 Å². The first-order valence-electron chi connectivity index (χ1n) is 8.47. The molecule has 0 saturated carbocycles. The monoisotopic (exact) mass is 355 g/mol. The van der Waals surface area contributed by atoms with Crippen molar-refractivity contribution in [2.24, 2.45) is 5.92 Å². The molecule has 2 aliphatic rings. The highest BCUT2D eigenvalue weighted by Crippen LogP contribution is 2.52. The Morgan fingerprint density at radius 1 is 1.08 bits per heavy atom. The summed E-state index contributed by atoms with van der Waals surface area (Å²) in [6.45, 7) is 0.850. The van der Waals surface area contributed by atoms with Crippen LogP contribution in [0.15, 0.2) is 48.5 Å². The van der Waals surface area contributed by atoms with Crippen LogP contribution in [-0.4, -0.2) is 6.61 Å². The number of ether oxygens (including phenoxy) is 1. The number of anilines is 1. The van der Waals surface area contributed by atoms with Gasteiger partial charge < -0.3 is 10.1 Å². The minimum atomic E-state index is 0.169. The lowest BCUT2D eigenvalue weighted by Gasteiger charge is -2.43. The molecule has 2 aliphatic heterocycles. The number of hydrogen-bond donors (Lipinski definition) is 1. The van der Waals surface area contributed by atoms with Crippen LogP contribution in [0.25, 0.3) is 10.1 Å². The number of benzene rings is 2. The van der Waals surface area contributed by atoms with E-state index in [0.717, 1.165) is 23.4 Å². The molecule has 0 bridgehead atoms. The molecule has 1 N–H and O–H groups in total. The summed E-state index contributed by atoms with van der Waals surface area (Å²) in [7, 11) is 0. The van der Waals surface area contributed by atoms with Crippen LogP contribution in [0.2, 0.25) is 5.02 Å². The van der Waals surface area contributed by atoms with Gasteiger partial charge in [0.25, 0.3) is 0 Å². The van der Waals surface area contributed by atoms with Crippen molar-refractivity contribution >= 4 is 38.7 Å². The Kier molecular flexibility index (Phi) is 3.55. The van der Waals surface area contributed by atoms with E-state index in [0.29, 0.717) is 5.92 Å². The fourth-order valence-electron chi connectivity index (χ4n) is 4.11. The Balaban J connectivity index is 1.65. The number of fused-ring (bicyclic) bond motifs is 4.